The highest BCUT2D eigenvalue weighted by Crippen LogP contribution is 2.16. The third kappa shape index (κ3) is 3.17. The van der Waals surface area contributed by atoms with Gasteiger partial charge >= 0.3 is 0 Å². The molecule has 1 amide bonds. The van der Waals surface area contributed by atoms with Gasteiger partial charge in [0.1, 0.15) is 5.82 Å². The summed E-state index contributed by atoms with van der Waals surface area (Å²) in [5.74, 6) is -1.01. The van der Waals surface area contributed by atoms with Crippen molar-refractivity contribution in [1.29, 1.82) is 0 Å². The Morgan fingerprint density at radius 3 is 3.00 bits per heavy atom. The van der Waals surface area contributed by atoms with Crippen molar-refractivity contribution in [2.45, 2.75) is 6.92 Å². The quantitative estimate of drug-likeness (QED) is 0.669. The molecule has 7 heteroatoms. The average Bonchev–Trinajstić information content (AvgIpc) is 2.79. The number of rotatable bonds is 3. The minimum absolute atomic E-state index is 0.114. The van der Waals surface area contributed by atoms with Crippen LogP contribution in [-0.2, 0) is 0 Å². The van der Waals surface area contributed by atoms with Crippen molar-refractivity contribution in [2.24, 2.45) is 5.10 Å². The third-order valence-electron chi connectivity index (χ3n) is 2.30. The number of aryl methyl sites for hydroxylation is 1. The number of carbonyl (C=O) groups is 1. The van der Waals surface area contributed by atoms with Gasteiger partial charge in [0.2, 0.25) is 0 Å². The summed E-state index contributed by atoms with van der Waals surface area (Å²) in [5, 5.41) is 10.3. The number of hydrazone groups is 1. The maximum atomic E-state index is 13.4. The number of nitrogens with zero attached hydrogens (tertiary/aromatic N) is 2. The number of amides is 1. The van der Waals surface area contributed by atoms with Gasteiger partial charge < -0.3 is 0 Å². The highest BCUT2D eigenvalue weighted by molar-refractivity contribution is 6.33. The highest BCUT2D eigenvalue weighted by Gasteiger charge is 2.08. The first-order valence-corrected chi connectivity index (χ1v) is 5.75. The van der Waals surface area contributed by atoms with E-state index in [1.165, 1.54) is 18.2 Å². The van der Waals surface area contributed by atoms with E-state index >= 15 is 0 Å². The zero-order valence-corrected chi connectivity index (χ0v) is 10.7. The van der Waals surface area contributed by atoms with Gasteiger partial charge in [0.25, 0.3) is 5.91 Å². The lowest BCUT2D eigenvalue weighted by Crippen LogP contribution is -2.18. The first-order valence-electron chi connectivity index (χ1n) is 5.37. The molecule has 0 atom stereocenters. The molecular formula is C12H10ClFN4O. The van der Waals surface area contributed by atoms with E-state index in [0.29, 0.717) is 0 Å². The van der Waals surface area contributed by atoms with Crippen molar-refractivity contribution in [1.82, 2.24) is 15.6 Å². The molecule has 0 aliphatic rings. The molecule has 0 radical (unpaired) electrons. The van der Waals surface area contributed by atoms with Crippen LogP contribution < -0.4 is 5.43 Å². The largest absolute Gasteiger partial charge is 0.291 e. The van der Waals surface area contributed by atoms with Gasteiger partial charge in [-0.25, -0.2) is 9.82 Å². The molecule has 0 fully saturated rings. The normalized spacial score (nSPS) is 10.9. The lowest BCUT2D eigenvalue weighted by Gasteiger charge is -1.99. The van der Waals surface area contributed by atoms with Crippen LogP contribution in [0.3, 0.4) is 0 Å². The molecule has 5 nitrogen and oxygen atoms in total. The summed E-state index contributed by atoms with van der Waals surface area (Å²) in [6.45, 7) is 1.77. The molecule has 1 aromatic carbocycles. The standard InChI is InChI=1S/C12H10ClFN4O/c1-7-5-11(17-16-7)12(19)18-15-6-8-9(13)3-2-4-10(8)14/h2-6H,1H3,(H,16,17)(H,18,19)/b15-6-. The number of aromatic nitrogens is 2. The van der Waals surface area contributed by atoms with Crippen molar-refractivity contribution in [3.05, 3.63) is 52.1 Å². The topological polar surface area (TPSA) is 70.1 Å². The van der Waals surface area contributed by atoms with Gasteiger partial charge in [-0.1, -0.05) is 17.7 Å². The van der Waals surface area contributed by atoms with Gasteiger partial charge in [0, 0.05) is 11.3 Å². The van der Waals surface area contributed by atoms with Crippen LogP contribution in [0.1, 0.15) is 21.7 Å². The zero-order valence-electron chi connectivity index (χ0n) is 9.95. The van der Waals surface area contributed by atoms with Crippen molar-refractivity contribution >= 4 is 23.7 Å². The fraction of sp³-hybridized carbons (Fsp3) is 0.0833. The minimum Gasteiger partial charge on any atom is -0.282 e. The van der Waals surface area contributed by atoms with Crippen LogP contribution in [0.15, 0.2) is 29.4 Å². The number of aromatic amines is 1. The van der Waals surface area contributed by atoms with Crippen LogP contribution >= 0.6 is 11.6 Å². The molecule has 2 rings (SSSR count). The van der Waals surface area contributed by atoms with E-state index in [4.69, 9.17) is 11.6 Å². The predicted octanol–water partition coefficient (Wildman–Crippen LogP) is 2.27. The number of hydrogen-bond acceptors (Lipinski definition) is 3. The molecule has 0 spiro atoms. The number of hydrogen-bond donors (Lipinski definition) is 2. The Morgan fingerprint density at radius 2 is 2.37 bits per heavy atom. The maximum Gasteiger partial charge on any atom is 0.291 e. The SMILES string of the molecule is Cc1cc(C(=O)N/N=C\c2c(F)cccc2Cl)n[nH]1. The molecule has 19 heavy (non-hydrogen) atoms. The summed E-state index contributed by atoms with van der Waals surface area (Å²) in [5.41, 5.74) is 3.31. The Bertz CT molecular complexity index is 618. The fourth-order valence-corrected chi connectivity index (χ4v) is 1.59. The van der Waals surface area contributed by atoms with Crippen molar-refractivity contribution in [3.8, 4) is 0 Å². The van der Waals surface area contributed by atoms with E-state index in [1.807, 2.05) is 0 Å². The van der Waals surface area contributed by atoms with E-state index < -0.39 is 11.7 Å². The van der Waals surface area contributed by atoms with Crippen LogP contribution in [0.2, 0.25) is 5.02 Å². The van der Waals surface area contributed by atoms with Crippen LogP contribution in [0.5, 0.6) is 0 Å². The van der Waals surface area contributed by atoms with Gasteiger partial charge in [-0.15, -0.1) is 0 Å². The molecule has 0 bridgehead atoms. The van der Waals surface area contributed by atoms with Gasteiger partial charge in [0.05, 0.1) is 11.2 Å². The lowest BCUT2D eigenvalue weighted by molar-refractivity contribution is 0.0950. The Kier molecular flexibility index (Phi) is 3.91. The fourth-order valence-electron chi connectivity index (χ4n) is 1.38. The molecule has 0 aliphatic heterocycles. The van der Waals surface area contributed by atoms with Crippen LogP contribution in [0.25, 0.3) is 0 Å². The second kappa shape index (κ2) is 5.62. The molecule has 2 aromatic rings. The molecule has 98 valence electrons. The summed E-state index contributed by atoms with van der Waals surface area (Å²) in [7, 11) is 0. The third-order valence-corrected chi connectivity index (χ3v) is 2.63. The number of halogens is 2. The number of benzene rings is 1. The average molecular weight is 281 g/mol. The highest BCUT2D eigenvalue weighted by atomic mass is 35.5. The van der Waals surface area contributed by atoms with Crippen LogP contribution in [-0.4, -0.2) is 22.3 Å². The molecule has 0 saturated heterocycles. The molecule has 1 heterocycles. The second-order valence-corrected chi connectivity index (χ2v) is 4.18. The van der Waals surface area contributed by atoms with Crippen molar-refractivity contribution in [3.63, 3.8) is 0 Å². The van der Waals surface area contributed by atoms with E-state index in [2.05, 4.69) is 20.7 Å². The van der Waals surface area contributed by atoms with Crippen molar-refractivity contribution < 1.29 is 9.18 Å². The molecule has 0 saturated carbocycles. The molecule has 2 N–H and O–H groups in total. The molecule has 1 aromatic heterocycles. The Labute approximate surface area is 113 Å². The number of H-pyrrole nitrogens is 1. The van der Waals surface area contributed by atoms with Gasteiger partial charge in [-0.05, 0) is 25.1 Å². The Morgan fingerprint density at radius 1 is 1.58 bits per heavy atom. The zero-order chi connectivity index (χ0) is 13.8. The second-order valence-electron chi connectivity index (χ2n) is 3.77. The number of nitrogens with one attached hydrogen (secondary N) is 2. The Balaban J connectivity index is 2.06. The van der Waals surface area contributed by atoms with E-state index in [1.54, 1.807) is 13.0 Å². The van der Waals surface area contributed by atoms with Gasteiger partial charge in [-0.3, -0.25) is 9.89 Å². The van der Waals surface area contributed by atoms with E-state index in [9.17, 15) is 9.18 Å². The summed E-state index contributed by atoms with van der Waals surface area (Å²) in [6.07, 6.45) is 1.15. The van der Waals surface area contributed by atoms with E-state index in [0.717, 1.165) is 11.9 Å². The van der Waals surface area contributed by atoms with E-state index in [-0.39, 0.29) is 16.3 Å². The first-order chi connectivity index (χ1) is 9.08. The lowest BCUT2D eigenvalue weighted by atomic mass is 10.2. The monoisotopic (exact) mass is 280 g/mol. The summed E-state index contributed by atoms with van der Waals surface area (Å²) >= 11 is 5.80. The predicted molar refractivity (Wildman–Crippen MR) is 69.8 cm³/mol. The van der Waals surface area contributed by atoms with Gasteiger partial charge in [0.15, 0.2) is 5.69 Å². The van der Waals surface area contributed by atoms with Crippen molar-refractivity contribution in [2.75, 3.05) is 0 Å². The molecule has 0 unspecified atom stereocenters. The van der Waals surface area contributed by atoms with Crippen LogP contribution in [0.4, 0.5) is 4.39 Å². The summed E-state index contributed by atoms with van der Waals surface area (Å²) < 4.78 is 13.4. The summed E-state index contributed by atoms with van der Waals surface area (Å²) in [4.78, 5) is 11.6. The summed E-state index contributed by atoms with van der Waals surface area (Å²) in [6, 6.07) is 5.85. The molecule has 0 aliphatic carbocycles. The maximum absolute atomic E-state index is 13.4. The van der Waals surface area contributed by atoms with Gasteiger partial charge in [-0.2, -0.15) is 10.2 Å². The first kappa shape index (κ1) is 13.2. The Hall–Kier alpha value is -2.21. The molecular weight excluding hydrogens is 271 g/mol. The minimum atomic E-state index is -0.513. The van der Waals surface area contributed by atoms with Crippen LogP contribution in [0, 0.1) is 12.7 Å². The number of carbonyl (C=O) groups excluding carboxylic acids is 1. The smallest absolute Gasteiger partial charge is 0.282 e.